The molecule has 1 atom stereocenters. The van der Waals surface area contributed by atoms with Crippen LogP contribution in [0.5, 0.6) is 0 Å². The van der Waals surface area contributed by atoms with Gasteiger partial charge in [-0.3, -0.25) is 4.79 Å². The zero-order chi connectivity index (χ0) is 18.1. The number of aromatic nitrogens is 2. The topological polar surface area (TPSA) is 59.2 Å². The molecule has 1 saturated heterocycles. The summed E-state index contributed by atoms with van der Waals surface area (Å²) in [5.41, 5.74) is 4.39. The highest BCUT2D eigenvalue weighted by Gasteiger charge is 2.36. The maximum Gasteiger partial charge on any atom is 0.249 e. The minimum atomic E-state index is -0.159. The zero-order valence-electron chi connectivity index (χ0n) is 15.0. The van der Waals surface area contributed by atoms with E-state index in [9.17, 15) is 4.79 Å². The van der Waals surface area contributed by atoms with Crippen LogP contribution < -0.4 is 0 Å². The van der Waals surface area contributed by atoms with Crippen LogP contribution in [0, 0.1) is 13.8 Å². The number of likely N-dealkylation sites (tertiary alicyclic amines) is 1. The van der Waals surface area contributed by atoms with Crippen molar-refractivity contribution < 1.29 is 9.32 Å². The number of amides is 1. The summed E-state index contributed by atoms with van der Waals surface area (Å²) in [5.74, 6) is 1.22. The second kappa shape index (κ2) is 6.75. The Labute approximate surface area is 152 Å². The fraction of sp³-hybridized carbons (Fsp3) is 0.286. The molecule has 0 bridgehead atoms. The lowest BCUT2D eigenvalue weighted by Gasteiger charge is -2.23. The summed E-state index contributed by atoms with van der Waals surface area (Å²) in [5, 5.41) is 4.13. The van der Waals surface area contributed by atoms with Gasteiger partial charge in [-0.25, -0.2) is 0 Å². The molecule has 2 aromatic carbocycles. The highest BCUT2D eigenvalue weighted by Crippen LogP contribution is 2.34. The standard InChI is InChI=1S/C21H21N3O2/c1-14-6-5-9-16(12-14)20-22-21(26-23-20)18-10-11-19(25)24(18)13-17-8-4-3-7-15(17)2/h3-9,12,18H,10-11,13H2,1-2H3. The number of hydrogen-bond donors (Lipinski definition) is 0. The average molecular weight is 347 g/mol. The number of nitrogens with zero attached hydrogens (tertiary/aromatic N) is 3. The van der Waals surface area contributed by atoms with E-state index in [-0.39, 0.29) is 11.9 Å². The summed E-state index contributed by atoms with van der Waals surface area (Å²) in [6.07, 6.45) is 1.22. The number of carbonyl (C=O) groups is 1. The predicted molar refractivity (Wildman–Crippen MR) is 98.2 cm³/mol. The van der Waals surface area contributed by atoms with E-state index in [0.717, 1.165) is 16.7 Å². The third kappa shape index (κ3) is 3.12. The van der Waals surface area contributed by atoms with Gasteiger partial charge in [0.1, 0.15) is 6.04 Å². The van der Waals surface area contributed by atoms with Crippen molar-refractivity contribution in [1.82, 2.24) is 15.0 Å². The molecule has 1 aliphatic rings. The maximum atomic E-state index is 12.4. The molecule has 1 aliphatic heterocycles. The minimum absolute atomic E-state index is 0.133. The highest BCUT2D eigenvalue weighted by atomic mass is 16.5. The summed E-state index contributed by atoms with van der Waals surface area (Å²) in [7, 11) is 0. The lowest BCUT2D eigenvalue weighted by molar-refractivity contribution is -0.130. The van der Waals surface area contributed by atoms with Gasteiger partial charge in [0, 0.05) is 18.5 Å². The number of benzene rings is 2. The molecule has 0 spiro atoms. The minimum Gasteiger partial charge on any atom is -0.337 e. The average Bonchev–Trinajstić information content (AvgIpc) is 3.25. The van der Waals surface area contributed by atoms with Crippen LogP contribution in [-0.2, 0) is 11.3 Å². The molecule has 5 heteroatoms. The third-order valence-electron chi connectivity index (χ3n) is 4.93. The van der Waals surface area contributed by atoms with Crippen LogP contribution in [0.4, 0.5) is 0 Å². The molecular weight excluding hydrogens is 326 g/mol. The van der Waals surface area contributed by atoms with Gasteiger partial charge in [0.25, 0.3) is 0 Å². The largest absolute Gasteiger partial charge is 0.337 e. The molecule has 5 nitrogen and oxygen atoms in total. The molecule has 0 saturated carbocycles. The fourth-order valence-electron chi connectivity index (χ4n) is 3.43. The van der Waals surface area contributed by atoms with E-state index >= 15 is 0 Å². The Morgan fingerprint density at radius 2 is 2.00 bits per heavy atom. The van der Waals surface area contributed by atoms with E-state index in [0.29, 0.717) is 31.1 Å². The quantitative estimate of drug-likeness (QED) is 0.709. The van der Waals surface area contributed by atoms with Crippen LogP contribution in [0.25, 0.3) is 11.4 Å². The molecule has 0 N–H and O–H groups in total. The van der Waals surface area contributed by atoms with E-state index in [1.807, 2.05) is 48.2 Å². The maximum absolute atomic E-state index is 12.4. The molecule has 1 unspecified atom stereocenters. The number of aryl methyl sites for hydroxylation is 2. The molecule has 1 aromatic heterocycles. The van der Waals surface area contributed by atoms with Gasteiger partial charge in [0.2, 0.25) is 17.6 Å². The van der Waals surface area contributed by atoms with Crippen LogP contribution in [0.15, 0.2) is 53.1 Å². The van der Waals surface area contributed by atoms with Crippen LogP contribution >= 0.6 is 0 Å². The van der Waals surface area contributed by atoms with E-state index in [1.54, 1.807) is 0 Å². The van der Waals surface area contributed by atoms with Crippen LogP contribution in [0.3, 0.4) is 0 Å². The first-order valence-corrected chi connectivity index (χ1v) is 8.86. The Balaban J connectivity index is 1.60. The molecule has 3 aromatic rings. The van der Waals surface area contributed by atoms with Gasteiger partial charge in [0.15, 0.2) is 0 Å². The lowest BCUT2D eigenvalue weighted by atomic mass is 10.1. The molecular formula is C21H21N3O2. The summed E-state index contributed by atoms with van der Waals surface area (Å²) >= 11 is 0. The van der Waals surface area contributed by atoms with Gasteiger partial charge >= 0.3 is 0 Å². The molecule has 4 rings (SSSR count). The van der Waals surface area contributed by atoms with Crippen LogP contribution in [-0.4, -0.2) is 20.9 Å². The Bertz CT molecular complexity index is 948. The lowest BCUT2D eigenvalue weighted by Crippen LogP contribution is -2.27. The molecule has 1 fully saturated rings. The summed E-state index contributed by atoms with van der Waals surface area (Å²) in [4.78, 5) is 18.9. The van der Waals surface area contributed by atoms with Crippen molar-refractivity contribution in [2.75, 3.05) is 0 Å². The molecule has 26 heavy (non-hydrogen) atoms. The second-order valence-electron chi connectivity index (χ2n) is 6.83. The van der Waals surface area contributed by atoms with Gasteiger partial charge in [-0.2, -0.15) is 4.98 Å². The smallest absolute Gasteiger partial charge is 0.249 e. The zero-order valence-corrected chi connectivity index (χ0v) is 15.0. The van der Waals surface area contributed by atoms with Crippen molar-refractivity contribution in [1.29, 1.82) is 0 Å². The van der Waals surface area contributed by atoms with E-state index in [4.69, 9.17) is 4.52 Å². The van der Waals surface area contributed by atoms with E-state index in [2.05, 4.69) is 29.2 Å². The first kappa shape index (κ1) is 16.5. The van der Waals surface area contributed by atoms with Crippen molar-refractivity contribution in [3.8, 4) is 11.4 Å². The van der Waals surface area contributed by atoms with Crippen molar-refractivity contribution in [2.24, 2.45) is 0 Å². The predicted octanol–water partition coefficient (Wildman–Crippen LogP) is 4.22. The van der Waals surface area contributed by atoms with Gasteiger partial charge in [-0.05, 0) is 37.5 Å². The Hall–Kier alpha value is -2.95. The Morgan fingerprint density at radius 3 is 2.81 bits per heavy atom. The summed E-state index contributed by atoms with van der Waals surface area (Å²) in [6.45, 7) is 4.66. The normalized spacial score (nSPS) is 17.1. The fourth-order valence-corrected chi connectivity index (χ4v) is 3.43. The van der Waals surface area contributed by atoms with E-state index in [1.165, 1.54) is 5.56 Å². The van der Waals surface area contributed by atoms with Gasteiger partial charge in [0.05, 0.1) is 0 Å². The molecule has 1 amide bonds. The van der Waals surface area contributed by atoms with Gasteiger partial charge < -0.3 is 9.42 Å². The second-order valence-corrected chi connectivity index (χ2v) is 6.83. The Morgan fingerprint density at radius 1 is 1.15 bits per heavy atom. The third-order valence-corrected chi connectivity index (χ3v) is 4.93. The van der Waals surface area contributed by atoms with Crippen molar-refractivity contribution in [3.05, 3.63) is 71.1 Å². The monoisotopic (exact) mass is 347 g/mol. The number of rotatable bonds is 4. The SMILES string of the molecule is Cc1cccc(-c2noc(C3CCC(=O)N3Cc3ccccc3C)n2)c1. The molecule has 2 heterocycles. The number of carbonyl (C=O) groups excluding carboxylic acids is 1. The van der Waals surface area contributed by atoms with Gasteiger partial charge in [-0.1, -0.05) is 53.2 Å². The van der Waals surface area contributed by atoms with Crippen molar-refractivity contribution in [2.45, 2.75) is 39.3 Å². The first-order chi connectivity index (χ1) is 12.6. The molecule has 0 radical (unpaired) electrons. The molecule has 0 aliphatic carbocycles. The van der Waals surface area contributed by atoms with Crippen LogP contribution in [0.2, 0.25) is 0 Å². The van der Waals surface area contributed by atoms with Crippen molar-refractivity contribution >= 4 is 5.91 Å². The first-order valence-electron chi connectivity index (χ1n) is 8.86. The summed E-state index contributed by atoms with van der Waals surface area (Å²) in [6, 6.07) is 16.0. The summed E-state index contributed by atoms with van der Waals surface area (Å²) < 4.78 is 5.53. The Kier molecular flexibility index (Phi) is 4.29. The van der Waals surface area contributed by atoms with E-state index < -0.39 is 0 Å². The van der Waals surface area contributed by atoms with Crippen LogP contribution in [0.1, 0.15) is 41.5 Å². The highest BCUT2D eigenvalue weighted by molar-refractivity contribution is 5.79. The van der Waals surface area contributed by atoms with Gasteiger partial charge in [-0.15, -0.1) is 0 Å². The molecule has 132 valence electrons. The number of hydrogen-bond acceptors (Lipinski definition) is 4. The van der Waals surface area contributed by atoms with Crippen molar-refractivity contribution in [3.63, 3.8) is 0 Å².